The summed E-state index contributed by atoms with van der Waals surface area (Å²) in [6.45, 7) is 9.04. The highest BCUT2D eigenvalue weighted by Crippen LogP contribution is 2.04. The van der Waals surface area contributed by atoms with Crippen molar-refractivity contribution in [3.8, 4) is 0 Å². The van der Waals surface area contributed by atoms with E-state index in [1.165, 1.54) is 13.0 Å². The second-order valence-corrected chi connectivity index (χ2v) is 10.2. The second-order valence-electron chi connectivity index (χ2n) is 10.2. The largest absolute Gasteiger partial charge is 0.480 e. The highest BCUT2D eigenvalue weighted by molar-refractivity contribution is 5.92. The summed E-state index contributed by atoms with van der Waals surface area (Å²) in [5, 5.41) is 19.4. The molecule has 0 aliphatic carbocycles. The van der Waals surface area contributed by atoms with E-state index in [0.717, 1.165) is 0 Å². The lowest BCUT2D eigenvalue weighted by Crippen LogP contribution is -2.52. The summed E-state index contributed by atoms with van der Waals surface area (Å²) in [4.78, 5) is 72.0. The number of nitrogens with two attached hydrogens (primary N) is 1. The molecule has 7 N–H and O–H groups in total. The van der Waals surface area contributed by atoms with Crippen molar-refractivity contribution in [2.24, 2.45) is 5.73 Å². The zero-order chi connectivity index (χ0) is 34.2. The van der Waals surface area contributed by atoms with Gasteiger partial charge in [-0.3, -0.25) is 19.2 Å². The lowest BCUT2D eigenvalue weighted by atomic mass is 10.1. The number of hydrogen-bond donors (Lipinski definition) is 6. The van der Waals surface area contributed by atoms with E-state index in [0.29, 0.717) is 58.2 Å². The molecule has 2 atom stereocenters. The zero-order valence-electron chi connectivity index (χ0n) is 26.4. The van der Waals surface area contributed by atoms with Crippen molar-refractivity contribution in [1.29, 1.82) is 0 Å². The van der Waals surface area contributed by atoms with Crippen molar-refractivity contribution in [2.45, 2.75) is 44.7 Å². The Labute approximate surface area is 268 Å². The molecule has 17 heteroatoms. The number of carbonyl (C=O) groups excluding carboxylic acids is 5. The lowest BCUT2D eigenvalue weighted by molar-refractivity contribution is -0.142. The van der Waals surface area contributed by atoms with E-state index >= 15 is 0 Å². The molecule has 46 heavy (non-hydrogen) atoms. The number of primary amides is 1. The summed E-state index contributed by atoms with van der Waals surface area (Å²) in [7, 11) is 0. The van der Waals surface area contributed by atoms with E-state index in [-0.39, 0.29) is 63.9 Å². The fraction of sp³-hybridized carbons (Fsp3) is 0.655. The number of carbonyl (C=O) groups is 6. The van der Waals surface area contributed by atoms with Gasteiger partial charge in [-0.1, -0.05) is 12.7 Å². The Morgan fingerprint density at radius 3 is 2.04 bits per heavy atom. The molecule has 1 heterocycles. The van der Waals surface area contributed by atoms with Gasteiger partial charge in [0.15, 0.2) is 0 Å². The van der Waals surface area contributed by atoms with Crippen molar-refractivity contribution in [1.82, 2.24) is 26.2 Å². The maximum absolute atomic E-state index is 12.6. The third kappa shape index (κ3) is 19.4. The average molecular weight is 657 g/mol. The van der Waals surface area contributed by atoms with Gasteiger partial charge >= 0.3 is 12.0 Å². The van der Waals surface area contributed by atoms with Gasteiger partial charge in [-0.25, -0.2) is 9.59 Å². The minimum absolute atomic E-state index is 0.0394. The van der Waals surface area contributed by atoms with E-state index in [1.54, 1.807) is 11.0 Å². The second kappa shape index (κ2) is 24.2. The quantitative estimate of drug-likeness (QED) is 0.0436. The van der Waals surface area contributed by atoms with Crippen molar-refractivity contribution in [2.75, 3.05) is 79.0 Å². The Balaban J connectivity index is 2.03. The Kier molecular flexibility index (Phi) is 21.0. The number of ether oxygens (including phenoxy) is 4. The molecular formula is C29H48N6O11. The molecule has 0 saturated heterocycles. The fourth-order valence-corrected chi connectivity index (χ4v) is 3.87. The van der Waals surface area contributed by atoms with Gasteiger partial charge < -0.3 is 56.0 Å². The molecule has 0 radical (unpaired) electrons. The fourth-order valence-electron chi connectivity index (χ4n) is 3.87. The topological polar surface area (TPSA) is 237 Å². The third-order valence-corrected chi connectivity index (χ3v) is 6.31. The van der Waals surface area contributed by atoms with Gasteiger partial charge in [0.25, 0.3) is 0 Å². The Morgan fingerprint density at radius 1 is 0.891 bits per heavy atom. The summed E-state index contributed by atoms with van der Waals surface area (Å²) in [6, 6.07) is -3.09. The number of rotatable bonds is 27. The Bertz CT molecular complexity index is 1040. The van der Waals surface area contributed by atoms with Crippen LogP contribution >= 0.6 is 0 Å². The first-order valence-corrected chi connectivity index (χ1v) is 15.1. The van der Waals surface area contributed by atoms with Crippen LogP contribution in [0.3, 0.4) is 0 Å². The van der Waals surface area contributed by atoms with Crippen LogP contribution in [0.25, 0.3) is 0 Å². The first-order valence-electron chi connectivity index (χ1n) is 15.1. The van der Waals surface area contributed by atoms with Crippen LogP contribution in [0, 0.1) is 0 Å². The average Bonchev–Trinajstić information content (AvgIpc) is 3.42. The molecule has 0 aromatic rings. The Hall–Kier alpha value is -4.06. The molecule has 1 rings (SSSR count). The smallest absolute Gasteiger partial charge is 0.326 e. The van der Waals surface area contributed by atoms with Crippen molar-refractivity contribution >= 4 is 35.6 Å². The molecule has 0 aromatic carbocycles. The van der Waals surface area contributed by atoms with E-state index < -0.39 is 35.9 Å². The number of carboxylic acid groups (broad SMARTS) is 1. The number of nitrogens with one attached hydrogen (secondary N) is 4. The van der Waals surface area contributed by atoms with Crippen LogP contribution in [0.1, 0.15) is 32.6 Å². The molecule has 0 spiro atoms. The molecule has 0 aromatic heterocycles. The number of aliphatic carboxylic acids is 1. The van der Waals surface area contributed by atoms with Gasteiger partial charge in [0.05, 0.1) is 52.9 Å². The van der Waals surface area contributed by atoms with Gasteiger partial charge in [0.1, 0.15) is 12.1 Å². The van der Waals surface area contributed by atoms with Gasteiger partial charge in [0, 0.05) is 45.1 Å². The van der Waals surface area contributed by atoms with E-state index in [2.05, 4.69) is 27.8 Å². The molecule has 0 fully saturated rings. The molecule has 17 nitrogen and oxygen atoms in total. The van der Waals surface area contributed by atoms with E-state index in [1.807, 2.05) is 0 Å². The number of carboxylic acids is 1. The van der Waals surface area contributed by atoms with E-state index in [4.69, 9.17) is 24.7 Å². The highest BCUT2D eigenvalue weighted by Gasteiger charge is 2.26. The first-order chi connectivity index (χ1) is 22.0. The Morgan fingerprint density at radius 2 is 1.50 bits per heavy atom. The maximum Gasteiger partial charge on any atom is 0.326 e. The minimum Gasteiger partial charge on any atom is -0.480 e. The molecule has 1 aliphatic rings. The SMILES string of the molecule is C=C(C)[C@H](NC(=O)CCOCCOCCOCCOCCNC(=O)CCN1CC=CC1=O)C(=O)N[C@@H](CCCNC(N)=O)C(=O)O. The summed E-state index contributed by atoms with van der Waals surface area (Å²) in [6.07, 6.45) is 3.78. The summed E-state index contributed by atoms with van der Waals surface area (Å²) in [5.41, 5.74) is 5.29. The number of urea groups is 1. The van der Waals surface area contributed by atoms with E-state index in [9.17, 15) is 33.9 Å². The van der Waals surface area contributed by atoms with Crippen LogP contribution < -0.4 is 27.0 Å². The summed E-state index contributed by atoms with van der Waals surface area (Å²) >= 11 is 0. The molecule has 6 amide bonds. The summed E-state index contributed by atoms with van der Waals surface area (Å²) in [5.74, 6) is -2.67. The standard InChI is InChI=1S/C29H48N6O11/c1-21(2)26(27(39)33-22(28(40)41)5-3-9-32-29(30)42)34-24(37)8-13-43-15-17-45-19-20-46-18-16-44-14-10-31-23(36)7-12-35-11-4-6-25(35)38/h4,6,22,26H,1,3,5,7-20H2,2H3,(H,31,36)(H,33,39)(H,34,37)(H,40,41)(H3,30,32,42)/t22-,26-/m0/s1. The van der Waals surface area contributed by atoms with Crippen molar-refractivity contribution in [3.63, 3.8) is 0 Å². The van der Waals surface area contributed by atoms with Crippen LogP contribution in [0.5, 0.6) is 0 Å². The van der Waals surface area contributed by atoms with Crippen molar-refractivity contribution < 1.29 is 52.8 Å². The summed E-state index contributed by atoms with van der Waals surface area (Å²) < 4.78 is 21.6. The molecule has 260 valence electrons. The molecule has 1 aliphatic heterocycles. The van der Waals surface area contributed by atoms with Crippen molar-refractivity contribution in [3.05, 3.63) is 24.3 Å². The van der Waals surface area contributed by atoms with Crippen LogP contribution in [0.15, 0.2) is 24.3 Å². The predicted octanol–water partition coefficient (Wildman–Crippen LogP) is -1.57. The van der Waals surface area contributed by atoms with Gasteiger partial charge in [-0.05, 0) is 25.3 Å². The maximum atomic E-state index is 12.6. The van der Waals surface area contributed by atoms with Crippen LogP contribution in [0.4, 0.5) is 4.79 Å². The predicted molar refractivity (Wildman–Crippen MR) is 164 cm³/mol. The minimum atomic E-state index is -1.26. The third-order valence-electron chi connectivity index (χ3n) is 6.31. The molecular weight excluding hydrogens is 608 g/mol. The molecule has 0 bridgehead atoms. The highest BCUT2D eigenvalue weighted by atomic mass is 16.6. The van der Waals surface area contributed by atoms with Crippen LogP contribution in [-0.4, -0.2) is 137 Å². The number of hydrogen-bond acceptors (Lipinski definition) is 10. The number of amides is 6. The molecule has 0 saturated carbocycles. The van der Waals surface area contributed by atoms with Gasteiger partial charge in [-0.2, -0.15) is 0 Å². The van der Waals surface area contributed by atoms with Gasteiger partial charge in [0.2, 0.25) is 23.6 Å². The number of nitrogens with zero attached hydrogens (tertiary/aromatic N) is 1. The first kappa shape index (κ1) is 40.0. The normalized spacial score (nSPS) is 13.6. The van der Waals surface area contributed by atoms with Crippen LogP contribution in [-0.2, 0) is 42.9 Å². The zero-order valence-corrected chi connectivity index (χ0v) is 26.4. The molecule has 0 unspecified atom stereocenters. The van der Waals surface area contributed by atoms with Gasteiger partial charge in [-0.15, -0.1) is 0 Å². The van der Waals surface area contributed by atoms with Crippen LogP contribution in [0.2, 0.25) is 0 Å². The monoisotopic (exact) mass is 656 g/mol. The lowest BCUT2D eigenvalue weighted by Gasteiger charge is -2.21.